The molecule has 0 radical (unpaired) electrons. The van der Waals surface area contributed by atoms with E-state index in [9.17, 15) is 13.2 Å². The first kappa shape index (κ1) is 15.4. The Morgan fingerprint density at radius 3 is 2.44 bits per heavy atom. The average molecular weight is 312 g/mol. The van der Waals surface area contributed by atoms with E-state index in [4.69, 9.17) is 11.6 Å². The highest BCUT2D eigenvalue weighted by atomic mass is 35.5. The normalized spacial score (nSPS) is 13.6. The summed E-state index contributed by atoms with van der Waals surface area (Å²) < 4.78 is 31.4. The van der Waals surface area contributed by atoms with Crippen molar-refractivity contribution in [2.75, 3.05) is 7.11 Å². The van der Waals surface area contributed by atoms with Gasteiger partial charge >= 0.3 is 5.97 Å². The van der Waals surface area contributed by atoms with Crippen molar-refractivity contribution in [3.05, 3.63) is 16.5 Å². The predicted molar refractivity (Wildman–Crippen MR) is 70.3 cm³/mol. The van der Waals surface area contributed by atoms with Crippen molar-refractivity contribution in [3.63, 3.8) is 0 Å². The van der Waals surface area contributed by atoms with Gasteiger partial charge < -0.3 is 4.74 Å². The van der Waals surface area contributed by atoms with Gasteiger partial charge in [0.2, 0.25) is 0 Å². The molecule has 18 heavy (non-hydrogen) atoms. The molecule has 1 rings (SSSR count). The first-order valence-corrected chi connectivity index (χ1v) is 7.81. The van der Waals surface area contributed by atoms with Crippen LogP contribution in [0.5, 0.6) is 0 Å². The molecule has 1 atom stereocenters. The standard InChI is InChI=1S/C10H14ClNO4S2/c1-6(2)9(10(13)16-3)12-18(14,15)8-5-4-7(11)17-8/h4-6,9,12H,1-3H3. The molecule has 1 N–H and O–H groups in total. The van der Waals surface area contributed by atoms with E-state index in [0.29, 0.717) is 4.34 Å². The fourth-order valence-electron chi connectivity index (χ4n) is 1.25. The summed E-state index contributed by atoms with van der Waals surface area (Å²) in [6, 6.07) is 1.97. The van der Waals surface area contributed by atoms with Crippen molar-refractivity contribution >= 4 is 38.9 Å². The van der Waals surface area contributed by atoms with Crippen LogP contribution in [0.25, 0.3) is 0 Å². The van der Waals surface area contributed by atoms with Gasteiger partial charge in [0.1, 0.15) is 10.3 Å². The lowest BCUT2D eigenvalue weighted by Gasteiger charge is -2.19. The maximum absolute atomic E-state index is 12.0. The van der Waals surface area contributed by atoms with Crippen molar-refractivity contribution in [2.24, 2.45) is 5.92 Å². The van der Waals surface area contributed by atoms with Gasteiger partial charge in [-0.1, -0.05) is 25.4 Å². The highest BCUT2D eigenvalue weighted by Crippen LogP contribution is 2.25. The lowest BCUT2D eigenvalue weighted by atomic mass is 10.1. The Kier molecular flexibility index (Phi) is 5.15. The zero-order valence-corrected chi connectivity index (χ0v) is 12.5. The topological polar surface area (TPSA) is 72.5 Å². The number of halogens is 1. The molecule has 0 bridgehead atoms. The zero-order valence-electron chi connectivity index (χ0n) is 10.1. The Bertz CT molecular complexity index is 524. The predicted octanol–water partition coefficient (Wildman–Crippen LogP) is 1.88. The van der Waals surface area contributed by atoms with Crippen LogP contribution >= 0.6 is 22.9 Å². The molecule has 0 saturated carbocycles. The van der Waals surface area contributed by atoms with Crippen LogP contribution in [0, 0.1) is 5.92 Å². The summed E-state index contributed by atoms with van der Waals surface area (Å²) in [5.74, 6) is -0.834. The molecule has 0 aliphatic rings. The highest BCUT2D eigenvalue weighted by molar-refractivity contribution is 7.91. The molecule has 1 aromatic heterocycles. The number of ether oxygens (including phenoxy) is 1. The molecule has 0 aromatic carbocycles. The molecule has 5 nitrogen and oxygen atoms in total. The van der Waals surface area contributed by atoms with Gasteiger partial charge in [-0.05, 0) is 18.1 Å². The fourth-order valence-corrected chi connectivity index (χ4v) is 4.08. The second-order valence-electron chi connectivity index (χ2n) is 3.92. The third-order valence-corrected chi connectivity index (χ3v) is 5.38. The van der Waals surface area contributed by atoms with Crippen molar-refractivity contribution in [1.29, 1.82) is 0 Å². The summed E-state index contributed by atoms with van der Waals surface area (Å²) >= 11 is 6.62. The van der Waals surface area contributed by atoms with Crippen molar-refractivity contribution in [3.8, 4) is 0 Å². The smallest absolute Gasteiger partial charge is 0.324 e. The molecule has 1 heterocycles. The Morgan fingerprint density at radius 2 is 2.06 bits per heavy atom. The van der Waals surface area contributed by atoms with Crippen LogP contribution in [0.2, 0.25) is 4.34 Å². The maximum Gasteiger partial charge on any atom is 0.324 e. The average Bonchev–Trinajstić information content (AvgIpc) is 2.72. The largest absolute Gasteiger partial charge is 0.468 e. The molecule has 0 saturated heterocycles. The second-order valence-corrected chi connectivity index (χ2v) is 7.58. The van der Waals surface area contributed by atoms with Crippen LogP contribution < -0.4 is 4.72 Å². The number of thiophene rings is 1. The molecule has 102 valence electrons. The van der Waals surface area contributed by atoms with E-state index >= 15 is 0 Å². The van der Waals surface area contributed by atoms with Crippen molar-refractivity contribution in [1.82, 2.24) is 4.72 Å². The fraction of sp³-hybridized carbons (Fsp3) is 0.500. The van der Waals surface area contributed by atoms with E-state index in [1.165, 1.54) is 19.2 Å². The Labute approximate surface area is 115 Å². The second kappa shape index (κ2) is 6.01. The van der Waals surface area contributed by atoms with Gasteiger partial charge in [0.25, 0.3) is 10.0 Å². The van der Waals surface area contributed by atoms with Crippen LogP contribution in [-0.4, -0.2) is 27.5 Å². The number of carbonyl (C=O) groups is 1. The van der Waals surface area contributed by atoms with Crippen LogP contribution in [0.3, 0.4) is 0 Å². The molecular weight excluding hydrogens is 298 g/mol. The number of hydrogen-bond acceptors (Lipinski definition) is 5. The first-order chi connectivity index (χ1) is 8.27. The minimum atomic E-state index is -3.76. The first-order valence-electron chi connectivity index (χ1n) is 5.13. The van der Waals surface area contributed by atoms with Gasteiger partial charge in [-0.3, -0.25) is 4.79 Å². The summed E-state index contributed by atoms with van der Waals surface area (Å²) in [6.45, 7) is 3.46. The van der Waals surface area contributed by atoms with E-state index in [0.717, 1.165) is 11.3 Å². The summed E-state index contributed by atoms with van der Waals surface area (Å²) in [6.07, 6.45) is 0. The lowest BCUT2D eigenvalue weighted by Crippen LogP contribution is -2.44. The van der Waals surface area contributed by atoms with E-state index < -0.39 is 22.0 Å². The SMILES string of the molecule is COC(=O)C(NS(=O)(=O)c1ccc(Cl)s1)C(C)C. The third kappa shape index (κ3) is 3.68. The summed E-state index contributed by atoms with van der Waals surface area (Å²) in [5, 5.41) is 0. The quantitative estimate of drug-likeness (QED) is 0.843. The number of sulfonamides is 1. The van der Waals surface area contributed by atoms with Crippen molar-refractivity contribution in [2.45, 2.75) is 24.1 Å². The molecule has 1 aromatic rings. The van der Waals surface area contributed by atoms with E-state index in [2.05, 4.69) is 9.46 Å². The Morgan fingerprint density at radius 1 is 1.44 bits per heavy atom. The van der Waals surface area contributed by atoms with Gasteiger partial charge in [0.15, 0.2) is 0 Å². The van der Waals surface area contributed by atoms with Crippen molar-refractivity contribution < 1.29 is 17.9 Å². The molecule has 0 fully saturated rings. The third-order valence-electron chi connectivity index (χ3n) is 2.22. The van der Waals surface area contributed by atoms with Crippen LogP contribution in [-0.2, 0) is 19.6 Å². The van der Waals surface area contributed by atoms with Gasteiger partial charge in [0, 0.05) is 0 Å². The van der Waals surface area contributed by atoms with Gasteiger partial charge in [0.05, 0.1) is 11.4 Å². The number of carbonyl (C=O) groups excluding carboxylic acids is 1. The molecule has 8 heteroatoms. The monoisotopic (exact) mass is 311 g/mol. The highest BCUT2D eigenvalue weighted by Gasteiger charge is 2.29. The van der Waals surface area contributed by atoms with E-state index in [1.54, 1.807) is 13.8 Å². The van der Waals surface area contributed by atoms with Crippen LogP contribution in [0.15, 0.2) is 16.3 Å². The molecule has 0 spiro atoms. The minimum absolute atomic E-state index is 0.0713. The number of esters is 1. The molecule has 0 aliphatic heterocycles. The number of rotatable bonds is 5. The van der Waals surface area contributed by atoms with E-state index in [-0.39, 0.29) is 10.1 Å². The minimum Gasteiger partial charge on any atom is -0.468 e. The summed E-state index contributed by atoms with van der Waals surface area (Å²) in [5.41, 5.74) is 0. The lowest BCUT2D eigenvalue weighted by molar-refractivity contribution is -0.143. The van der Waals surface area contributed by atoms with Gasteiger partial charge in [-0.2, -0.15) is 4.72 Å². The Hall–Kier alpha value is -0.630. The Balaban J connectivity index is 2.97. The maximum atomic E-state index is 12.0. The van der Waals surface area contributed by atoms with Crippen LogP contribution in [0.1, 0.15) is 13.8 Å². The number of nitrogens with one attached hydrogen (secondary N) is 1. The molecule has 0 amide bonds. The zero-order chi connectivity index (χ0) is 13.9. The number of methoxy groups -OCH3 is 1. The number of hydrogen-bond donors (Lipinski definition) is 1. The summed E-state index contributed by atoms with van der Waals surface area (Å²) in [7, 11) is -2.54. The van der Waals surface area contributed by atoms with Crippen LogP contribution in [0.4, 0.5) is 0 Å². The van der Waals surface area contributed by atoms with E-state index in [1.807, 2.05) is 0 Å². The molecular formula is C10H14ClNO4S2. The summed E-state index contributed by atoms with van der Waals surface area (Å²) in [4.78, 5) is 11.5. The molecule has 0 aliphatic carbocycles. The van der Waals surface area contributed by atoms with Gasteiger partial charge in [-0.15, -0.1) is 11.3 Å². The van der Waals surface area contributed by atoms with Gasteiger partial charge in [-0.25, -0.2) is 8.42 Å². The molecule has 1 unspecified atom stereocenters.